The molecule has 4 rings (SSSR count). The Hall–Kier alpha value is -1.72. The summed E-state index contributed by atoms with van der Waals surface area (Å²) in [6.07, 6.45) is 4.17. The average molecular weight is 356 g/mol. The van der Waals surface area contributed by atoms with Crippen LogP contribution < -0.4 is 0 Å². The number of thiazole rings is 1. The van der Waals surface area contributed by atoms with Crippen LogP contribution in [0.5, 0.6) is 0 Å². The number of carbonyl (C=O) groups is 1. The molecular formula is C20H25N3OS. The van der Waals surface area contributed by atoms with Crippen LogP contribution in [-0.4, -0.2) is 39.3 Å². The van der Waals surface area contributed by atoms with Crippen molar-refractivity contribution < 1.29 is 4.79 Å². The molecular weight excluding hydrogens is 330 g/mol. The molecule has 0 radical (unpaired) electrons. The molecule has 2 aliphatic heterocycles. The van der Waals surface area contributed by atoms with Crippen molar-refractivity contribution in [3.05, 3.63) is 52.0 Å². The molecule has 1 amide bonds. The van der Waals surface area contributed by atoms with E-state index in [0.29, 0.717) is 5.91 Å². The summed E-state index contributed by atoms with van der Waals surface area (Å²) in [5.74, 6) is 0.326. The van der Waals surface area contributed by atoms with Gasteiger partial charge in [0.1, 0.15) is 5.54 Å². The molecule has 2 aromatic rings. The van der Waals surface area contributed by atoms with Gasteiger partial charge >= 0.3 is 0 Å². The zero-order chi connectivity index (χ0) is 17.3. The highest BCUT2D eigenvalue weighted by molar-refractivity contribution is 7.09. The van der Waals surface area contributed by atoms with Crippen LogP contribution in [0, 0.1) is 6.92 Å². The van der Waals surface area contributed by atoms with E-state index in [0.717, 1.165) is 62.6 Å². The summed E-state index contributed by atoms with van der Waals surface area (Å²) in [6.45, 7) is 5.45. The number of aryl methyl sites for hydroxylation is 1. The normalized spacial score (nSPS) is 24.4. The lowest BCUT2D eigenvalue weighted by atomic mass is 9.85. The zero-order valence-corrected chi connectivity index (χ0v) is 15.6. The van der Waals surface area contributed by atoms with E-state index in [2.05, 4.69) is 32.3 Å². The van der Waals surface area contributed by atoms with Crippen molar-refractivity contribution in [1.29, 1.82) is 0 Å². The molecule has 1 unspecified atom stereocenters. The number of hydrogen-bond donors (Lipinski definition) is 0. The zero-order valence-electron chi connectivity index (χ0n) is 14.8. The Morgan fingerprint density at radius 3 is 2.60 bits per heavy atom. The third-order valence-electron chi connectivity index (χ3n) is 5.56. The van der Waals surface area contributed by atoms with E-state index >= 15 is 0 Å². The van der Waals surface area contributed by atoms with E-state index in [1.165, 1.54) is 5.56 Å². The minimum Gasteiger partial charge on any atom is -0.337 e. The lowest BCUT2D eigenvalue weighted by molar-refractivity contribution is -0.148. The number of benzene rings is 1. The van der Waals surface area contributed by atoms with E-state index in [1.54, 1.807) is 11.3 Å². The first-order valence-electron chi connectivity index (χ1n) is 9.17. The van der Waals surface area contributed by atoms with Crippen LogP contribution in [0.25, 0.3) is 0 Å². The van der Waals surface area contributed by atoms with Crippen LogP contribution in [0.4, 0.5) is 0 Å². The molecule has 2 aliphatic rings. The molecule has 1 spiro atoms. The van der Waals surface area contributed by atoms with E-state index in [4.69, 9.17) is 0 Å². The molecule has 4 nitrogen and oxygen atoms in total. The van der Waals surface area contributed by atoms with Gasteiger partial charge in [-0.25, -0.2) is 4.98 Å². The summed E-state index contributed by atoms with van der Waals surface area (Å²) < 4.78 is 0. The van der Waals surface area contributed by atoms with Crippen molar-refractivity contribution in [3.63, 3.8) is 0 Å². The van der Waals surface area contributed by atoms with E-state index in [-0.39, 0.29) is 5.54 Å². The maximum atomic E-state index is 13.4. The van der Waals surface area contributed by atoms with E-state index in [9.17, 15) is 4.79 Å². The number of rotatable bonds is 4. The van der Waals surface area contributed by atoms with Crippen LogP contribution in [0.15, 0.2) is 35.7 Å². The first kappa shape index (κ1) is 16.7. The molecule has 2 fully saturated rings. The SMILES string of the molecule is Cc1nc(CN2CCCC23CCCN(Cc2ccccc2)C3=O)cs1. The molecule has 1 atom stereocenters. The van der Waals surface area contributed by atoms with E-state index in [1.807, 2.05) is 25.1 Å². The number of nitrogens with zero attached hydrogens (tertiary/aromatic N) is 3. The molecule has 3 heterocycles. The maximum absolute atomic E-state index is 13.4. The van der Waals surface area contributed by atoms with Crippen LogP contribution in [0.3, 0.4) is 0 Å². The van der Waals surface area contributed by atoms with Gasteiger partial charge in [0.15, 0.2) is 0 Å². The summed E-state index contributed by atoms with van der Waals surface area (Å²) in [7, 11) is 0. The van der Waals surface area contributed by atoms with Gasteiger partial charge in [0.25, 0.3) is 0 Å². The smallest absolute Gasteiger partial charge is 0.243 e. The molecule has 5 heteroatoms. The molecule has 0 aliphatic carbocycles. The highest BCUT2D eigenvalue weighted by Gasteiger charge is 2.50. The molecule has 1 aromatic carbocycles. The number of aromatic nitrogens is 1. The Labute approximate surface area is 153 Å². The lowest BCUT2D eigenvalue weighted by Crippen LogP contribution is -2.59. The second-order valence-corrected chi connectivity index (χ2v) is 8.29. The van der Waals surface area contributed by atoms with Crippen molar-refractivity contribution in [2.24, 2.45) is 0 Å². The minimum atomic E-state index is -0.301. The molecule has 25 heavy (non-hydrogen) atoms. The van der Waals surface area contributed by atoms with Crippen molar-refractivity contribution >= 4 is 17.2 Å². The van der Waals surface area contributed by atoms with Gasteiger partial charge in [0.05, 0.1) is 10.7 Å². The fourth-order valence-electron chi connectivity index (χ4n) is 4.39. The van der Waals surface area contributed by atoms with Crippen molar-refractivity contribution in [2.75, 3.05) is 13.1 Å². The Balaban J connectivity index is 1.53. The fourth-order valence-corrected chi connectivity index (χ4v) is 4.99. The van der Waals surface area contributed by atoms with Crippen LogP contribution in [0.1, 0.15) is 41.9 Å². The van der Waals surface area contributed by atoms with Crippen molar-refractivity contribution in [3.8, 4) is 0 Å². The Bertz CT molecular complexity index is 744. The van der Waals surface area contributed by atoms with E-state index < -0.39 is 0 Å². The second kappa shape index (κ2) is 6.89. The molecule has 0 saturated carbocycles. The van der Waals surface area contributed by atoms with Gasteiger partial charge in [-0.15, -0.1) is 11.3 Å². The highest BCUT2D eigenvalue weighted by atomic mass is 32.1. The fraction of sp³-hybridized carbons (Fsp3) is 0.500. The van der Waals surface area contributed by atoms with Gasteiger partial charge in [-0.2, -0.15) is 0 Å². The van der Waals surface area contributed by atoms with Gasteiger partial charge in [0.2, 0.25) is 5.91 Å². The van der Waals surface area contributed by atoms with Crippen molar-refractivity contribution in [2.45, 2.75) is 51.2 Å². The second-order valence-electron chi connectivity index (χ2n) is 7.23. The number of carbonyl (C=O) groups excluding carboxylic acids is 1. The average Bonchev–Trinajstić information content (AvgIpc) is 3.21. The maximum Gasteiger partial charge on any atom is 0.243 e. The van der Waals surface area contributed by atoms with Gasteiger partial charge in [-0.05, 0) is 44.7 Å². The predicted octanol–water partition coefficient (Wildman–Crippen LogP) is 3.61. The van der Waals surface area contributed by atoms with Gasteiger partial charge in [-0.1, -0.05) is 30.3 Å². The highest BCUT2D eigenvalue weighted by Crippen LogP contribution is 2.39. The first-order chi connectivity index (χ1) is 12.2. The third-order valence-corrected chi connectivity index (χ3v) is 6.39. The molecule has 2 saturated heterocycles. The summed E-state index contributed by atoms with van der Waals surface area (Å²) in [5.41, 5.74) is 2.02. The lowest BCUT2D eigenvalue weighted by Gasteiger charge is -2.44. The molecule has 1 aromatic heterocycles. The quantitative estimate of drug-likeness (QED) is 0.841. The third kappa shape index (κ3) is 3.23. The Morgan fingerprint density at radius 2 is 1.88 bits per heavy atom. The molecule has 132 valence electrons. The van der Waals surface area contributed by atoms with Crippen LogP contribution in [0.2, 0.25) is 0 Å². The summed E-state index contributed by atoms with van der Waals surface area (Å²) in [6, 6.07) is 10.3. The molecule has 0 N–H and O–H groups in total. The van der Waals surface area contributed by atoms with Gasteiger partial charge in [0, 0.05) is 25.0 Å². The van der Waals surface area contributed by atoms with Crippen molar-refractivity contribution in [1.82, 2.24) is 14.8 Å². The minimum absolute atomic E-state index is 0.301. The summed E-state index contributed by atoms with van der Waals surface area (Å²) >= 11 is 1.69. The predicted molar refractivity (Wildman–Crippen MR) is 100 cm³/mol. The molecule has 0 bridgehead atoms. The largest absolute Gasteiger partial charge is 0.337 e. The standard InChI is InChI=1S/C20H25N3OS/c1-16-21-18(15-25-16)14-23-12-6-10-20(23)9-5-11-22(19(20)24)13-17-7-3-2-4-8-17/h2-4,7-8,15H,5-6,9-14H2,1H3. The van der Waals surface area contributed by atoms with Crippen LogP contribution >= 0.6 is 11.3 Å². The summed E-state index contributed by atoms with van der Waals surface area (Å²) in [4.78, 5) is 22.5. The number of amides is 1. The monoisotopic (exact) mass is 355 g/mol. The van der Waals surface area contributed by atoms with Gasteiger partial charge < -0.3 is 4.90 Å². The Kier molecular flexibility index (Phi) is 4.61. The first-order valence-corrected chi connectivity index (χ1v) is 10.0. The topological polar surface area (TPSA) is 36.4 Å². The van der Waals surface area contributed by atoms with Gasteiger partial charge in [-0.3, -0.25) is 9.69 Å². The Morgan fingerprint density at radius 1 is 1.12 bits per heavy atom. The number of hydrogen-bond acceptors (Lipinski definition) is 4. The number of likely N-dealkylation sites (tertiary alicyclic amines) is 2. The number of piperidine rings is 1. The summed E-state index contributed by atoms with van der Waals surface area (Å²) in [5, 5.41) is 3.24. The van der Waals surface area contributed by atoms with Crippen LogP contribution in [-0.2, 0) is 17.9 Å².